The fourth-order valence-electron chi connectivity index (χ4n) is 3.82. The highest BCUT2D eigenvalue weighted by Gasteiger charge is 2.22. The highest BCUT2D eigenvalue weighted by molar-refractivity contribution is 8.00. The molecule has 0 aliphatic rings. The molecule has 2 amide bonds. The van der Waals surface area contributed by atoms with Crippen LogP contribution in [0.25, 0.3) is 11.3 Å². The van der Waals surface area contributed by atoms with Crippen LogP contribution in [0.1, 0.15) is 23.6 Å². The molecule has 1 unspecified atom stereocenters. The maximum atomic E-state index is 13.6. The van der Waals surface area contributed by atoms with Gasteiger partial charge in [0.25, 0.3) is 0 Å². The summed E-state index contributed by atoms with van der Waals surface area (Å²) in [6.45, 7) is 7.62. The molecule has 8 heteroatoms. The number of rotatable bonds is 8. The number of amides is 2. The number of aromatic nitrogens is 2. The van der Waals surface area contributed by atoms with Gasteiger partial charge in [-0.2, -0.15) is 0 Å². The smallest absolute Gasteiger partial charge is 0.244 e. The first-order chi connectivity index (χ1) is 17.7. The summed E-state index contributed by atoms with van der Waals surface area (Å²) >= 11 is 1.26. The second kappa shape index (κ2) is 11.4. The van der Waals surface area contributed by atoms with E-state index in [1.807, 2.05) is 63.2 Å². The Labute approximate surface area is 220 Å². The van der Waals surface area contributed by atoms with E-state index >= 15 is 0 Å². The van der Waals surface area contributed by atoms with Gasteiger partial charge in [0.05, 0.1) is 17.1 Å². The maximum Gasteiger partial charge on any atom is 0.244 e. The zero-order valence-electron chi connectivity index (χ0n) is 21.2. The van der Waals surface area contributed by atoms with Crippen molar-refractivity contribution in [3.05, 3.63) is 95.4 Å². The molecule has 2 N–H and O–H groups in total. The first kappa shape index (κ1) is 26.2. The number of anilines is 2. The number of benzene rings is 3. The minimum Gasteiger partial charge on any atom is -0.325 e. The SMILES string of the molecule is Cc1ccc(C)c(NC(=O)Cn2c(-c3ccc(F)cc3)cnc2SC(C)C(=O)Nc2ccccc2C)c1. The maximum absolute atomic E-state index is 13.6. The number of thioether (sulfide) groups is 1. The first-order valence-electron chi connectivity index (χ1n) is 11.9. The summed E-state index contributed by atoms with van der Waals surface area (Å²) in [6.07, 6.45) is 1.65. The number of nitrogens with zero attached hydrogens (tertiary/aromatic N) is 2. The minimum absolute atomic E-state index is 0.0193. The van der Waals surface area contributed by atoms with Gasteiger partial charge in [-0.25, -0.2) is 9.37 Å². The summed E-state index contributed by atoms with van der Waals surface area (Å²) in [7, 11) is 0. The molecule has 0 fully saturated rings. The lowest BCUT2D eigenvalue weighted by Crippen LogP contribution is -2.24. The van der Waals surface area contributed by atoms with Gasteiger partial charge in [0, 0.05) is 11.4 Å². The largest absolute Gasteiger partial charge is 0.325 e. The van der Waals surface area contributed by atoms with Gasteiger partial charge in [0.2, 0.25) is 11.8 Å². The molecule has 1 aromatic heterocycles. The van der Waals surface area contributed by atoms with E-state index in [0.29, 0.717) is 10.9 Å². The Balaban J connectivity index is 1.59. The number of carbonyl (C=O) groups is 2. The third-order valence-electron chi connectivity index (χ3n) is 5.98. The van der Waals surface area contributed by atoms with Gasteiger partial charge in [-0.1, -0.05) is 42.1 Å². The second-order valence-electron chi connectivity index (χ2n) is 8.95. The first-order valence-corrected chi connectivity index (χ1v) is 12.8. The van der Waals surface area contributed by atoms with Gasteiger partial charge in [0.15, 0.2) is 5.16 Å². The second-order valence-corrected chi connectivity index (χ2v) is 10.3. The number of halogens is 1. The third-order valence-corrected chi connectivity index (χ3v) is 7.09. The fraction of sp³-hybridized carbons (Fsp3) is 0.207. The molecular weight excluding hydrogens is 487 g/mol. The van der Waals surface area contributed by atoms with Crippen molar-refractivity contribution in [1.29, 1.82) is 0 Å². The van der Waals surface area contributed by atoms with Crippen molar-refractivity contribution in [2.45, 2.75) is 44.6 Å². The summed E-state index contributed by atoms with van der Waals surface area (Å²) in [4.78, 5) is 30.6. The summed E-state index contributed by atoms with van der Waals surface area (Å²) in [5, 5.41) is 5.98. The van der Waals surface area contributed by atoms with E-state index < -0.39 is 5.25 Å². The molecule has 0 saturated heterocycles. The molecule has 4 rings (SSSR count). The van der Waals surface area contributed by atoms with Gasteiger partial charge in [-0.05, 0) is 86.3 Å². The predicted octanol–water partition coefficient (Wildman–Crippen LogP) is 6.37. The molecule has 0 aliphatic carbocycles. The molecule has 1 heterocycles. The highest BCUT2D eigenvalue weighted by Crippen LogP contribution is 2.30. The van der Waals surface area contributed by atoms with Crippen molar-refractivity contribution < 1.29 is 14.0 Å². The van der Waals surface area contributed by atoms with E-state index in [4.69, 9.17) is 0 Å². The average Bonchev–Trinajstić information content (AvgIpc) is 3.24. The zero-order chi connectivity index (χ0) is 26.5. The zero-order valence-corrected chi connectivity index (χ0v) is 22.0. The number of imidazole rings is 1. The van der Waals surface area contributed by atoms with Gasteiger partial charge >= 0.3 is 0 Å². The van der Waals surface area contributed by atoms with Crippen molar-refractivity contribution in [2.75, 3.05) is 10.6 Å². The Morgan fingerprint density at radius 1 is 0.946 bits per heavy atom. The van der Waals surface area contributed by atoms with Crippen molar-refractivity contribution in [3.63, 3.8) is 0 Å². The van der Waals surface area contributed by atoms with Crippen molar-refractivity contribution in [1.82, 2.24) is 9.55 Å². The Hall–Kier alpha value is -3.91. The lowest BCUT2D eigenvalue weighted by molar-refractivity contribution is -0.117. The number of hydrogen-bond acceptors (Lipinski definition) is 4. The molecule has 3 aromatic carbocycles. The molecule has 37 heavy (non-hydrogen) atoms. The molecule has 4 aromatic rings. The minimum atomic E-state index is -0.482. The fourth-order valence-corrected chi connectivity index (χ4v) is 4.71. The quantitative estimate of drug-likeness (QED) is 0.267. The Kier molecular flexibility index (Phi) is 8.08. The van der Waals surface area contributed by atoms with Crippen LogP contribution in [0.15, 0.2) is 78.1 Å². The van der Waals surface area contributed by atoms with Crippen LogP contribution in [-0.2, 0) is 16.1 Å². The monoisotopic (exact) mass is 516 g/mol. The van der Waals surface area contributed by atoms with Crippen LogP contribution in [0.3, 0.4) is 0 Å². The topological polar surface area (TPSA) is 76.0 Å². The van der Waals surface area contributed by atoms with Crippen molar-refractivity contribution in [2.24, 2.45) is 0 Å². The van der Waals surface area contributed by atoms with E-state index in [-0.39, 0.29) is 24.2 Å². The Bertz CT molecular complexity index is 1430. The average molecular weight is 517 g/mol. The van der Waals surface area contributed by atoms with Gasteiger partial charge in [-0.3, -0.25) is 9.59 Å². The summed E-state index contributed by atoms with van der Waals surface area (Å²) in [5.41, 5.74) is 5.84. The lowest BCUT2D eigenvalue weighted by atomic mass is 10.1. The van der Waals surface area contributed by atoms with Crippen LogP contribution in [-0.4, -0.2) is 26.6 Å². The number of carbonyl (C=O) groups excluding carboxylic acids is 2. The number of hydrogen-bond donors (Lipinski definition) is 2. The molecule has 0 bridgehead atoms. The molecule has 1 atom stereocenters. The molecular formula is C29H29FN4O2S. The van der Waals surface area contributed by atoms with Gasteiger partial charge < -0.3 is 15.2 Å². The molecule has 0 spiro atoms. The third kappa shape index (κ3) is 6.46. The van der Waals surface area contributed by atoms with E-state index in [9.17, 15) is 14.0 Å². The summed E-state index contributed by atoms with van der Waals surface area (Å²) < 4.78 is 15.3. The molecule has 0 saturated carbocycles. The van der Waals surface area contributed by atoms with Crippen LogP contribution in [0.5, 0.6) is 0 Å². The van der Waals surface area contributed by atoms with Gasteiger partial charge in [0.1, 0.15) is 12.4 Å². The molecule has 6 nitrogen and oxygen atoms in total. The Morgan fingerprint density at radius 2 is 1.65 bits per heavy atom. The van der Waals surface area contributed by atoms with E-state index in [2.05, 4.69) is 15.6 Å². The van der Waals surface area contributed by atoms with Crippen molar-refractivity contribution in [3.8, 4) is 11.3 Å². The summed E-state index contributed by atoms with van der Waals surface area (Å²) in [6, 6.07) is 19.5. The number of aryl methyl sites for hydroxylation is 3. The van der Waals surface area contributed by atoms with E-state index in [0.717, 1.165) is 33.6 Å². The predicted molar refractivity (Wildman–Crippen MR) is 147 cm³/mol. The molecule has 0 radical (unpaired) electrons. The Morgan fingerprint density at radius 3 is 2.38 bits per heavy atom. The van der Waals surface area contributed by atoms with Crippen LogP contribution in [0, 0.1) is 26.6 Å². The van der Waals surface area contributed by atoms with E-state index in [1.165, 1.54) is 23.9 Å². The normalized spacial score (nSPS) is 11.7. The van der Waals surface area contributed by atoms with Crippen molar-refractivity contribution >= 4 is 35.0 Å². The number of nitrogens with one attached hydrogen (secondary N) is 2. The number of para-hydroxylation sites is 1. The van der Waals surface area contributed by atoms with Crippen LogP contribution >= 0.6 is 11.8 Å². The van der Waals surface area contributed by atoms with Crippen LogP contribution in [0.4, 0.5) is 15.8 Å². The molecule has 190 valence electrons. The van der Waals surface area contributed by atoms with Gasteiger partial charge in [-0.15, -0.1) is 0 Å². The summed E-state index contributed by atoms with van der Waals surface area (Å²) in [5.74, 6) is -0.746. The lowest BCUT2D eigenvalue weighted by Gasteiger charge is -2.16. The highest BCUT2D eigenvalue weighted by atomic mass is 32.2. The molecule has 0 aliphatic heterocycles. The van der Waals surface area contributed by atoms with Crippen LogP contribution in [0.2, 0.25) is 0 Å². The standard InChI is InChI=1S/C29H29FN4O2S/c1-18-9-10-20(3)25(15-18)32-27(35)17-34-26(22-11-13-23(30)14-12-22)16-31-29(34)37-21(4)28(36)33-24-8-6-5-7-19(24)2/h5-16,21H,17H2,1-4H3,(H,32,35)(H,33,36). The van der Waals surface area contributed by atoms with E-state index in [1.54, 1.807) is 29.8 Å². The van der Waals surface area contributed by atoms with Crippen LogP contribution < -0.4 is 10.6 Å².